The monoisotopic (exact) mass is 378 g/mol. The van der Waals surface area contributed by atoms with Gasteiger partial charge in [0.1, 0.15) is 6.10 Å². The van der Waals surface area contributed by atoms with E-state index >= 15 is 0 Å². The molecule has 26 heavy (non-hydrogen) atoms. The number of unbranched alkanes of at least 4 members (excludes halogenated alkanes) is 2. The molecule has 144 valence electrons. The van der Waals surface area contributed by atoms with Gasteiger partial charge in [-0.1, -0.05) is 49.2 Å². The molecule has 1 saturated carbocycles. The minimum atomic E-state index is -0.257. The quantitative estimate of drug-likeness (QED) is 0.254. The number of benzene rings is 1. The molecule has 3 atom stereocenters. The smallest absolute Gasteiger partial charge is 0.306 e. The molecular weight excluding hydrogens is 348 g/mol. The normalized spacial score (nSPS) is 21.2. The highest BCUT2D eigenvalue weighted by Gasteiger charge is 2.23. The molecule has 2 rings (SSSR count). The van der Waals surface area contributed by atoms with E-state index in [1.54, 1.807) is 0 Å². The number of carbonyl (C=O) groups excluding carboxylic acids is 1. The van der Waals surface area contributed by atoms with E-state index in [1.165, 1.54) is 5.56 Å². The molecule has 0 amide bonds. The summed E-state index contributed by atoms with van der Waals surface area (Å²) in [6, 6.07) is 10.2. The third-order valence-electron chi connectivity index (χ3n) is 4.96. The van der Waals surface area contributed by atoms with Crippen molar-refractivity contribution in [2.45, 2.75) is 70.0 Å². The van der Waals surface area contributed by atoms with Crippen molar-refractivity contribution < 1.29 is 14.6 Å². The highest BCUT2D eigenvalue weighted by molar-refractivity contribution is 6.17. The van der Waals surface area contributed by atoms with Gasteiger partial charge in [-0.2, -0.15) is 0 Å². The largest absolute Gasteiger partial charge is 0.458 e. The van der Waals surface area contributed by atoms with Gasteiger partial charge in [-0.15, -0.1) is 11.6 Å². The Morgan fingerprint density at radius 3 is 2.73 bits per heavy atom. The summed E-state index contributed by atoms with van der Waals surface area (Å²) in [5.74, 6) is 0.687. The molecule has 0 saturated heterocycles. The van der Waals surface area contributed by atoms with Crippen molar-refractivity contribution in [3.8, 4) is 0 Å². The van der Waals surface area contributed by atoms with E-state index in [9.17, 15) is 9.90 Å². The van der Waals surface area contributed by atoms with Crippen molar-refractivity contribution in [2.75, 3.05) is 5.88 Å². The zero-order chi connectivity index (χ0) is 18.6. The fourth-order valence-corrected chi connectivity index (χ4v) is 3.57. The SMILES string of the molecule is O=C(CCCCCCl)OC(/C=C/C1CCC[C@H]1O)CCc1ccccc1. The molecule has 1 aromatic rings. The number of ether oxygens (including phenoxy) is 1. The summed E-state index contributed by atoms with van der Waals surface area (Å²) in [5.41, 5.74) is 1.24. The zero-order valence-corrected chi connectivity index (χ0v) is 16.2. The van der Waals surface area contributed by atoms with Crippen molar-refractivity contribution in [2.24, 2.45) is 5.92 Å². The Morgan fingerprint density at radius 2 is 2.04 bits per heavy atom. The molecule has 1 N–H and O–H groups in total. The van der Waals surface area contributed by atoms with E-state index in [1.807, 2.05) is 30.4 Å². The molecule has 2 unspecified atom stereocenters. The van der Waals surface area contributed by atoms with E-state index in [0.29, 0.717) is 12.3 Å². The van der Waals surface area contributed by atoms with E-state index in [2.05, 4.69) is 12.1 Å². The standard InChI is InChI=1S/C22H31ClO3/c23-17-6-2-5-12-22(25)26-20(15-13-18-8-3-1-4-9-18)16-14-19-10-7-11-21(19)24/h1,3-4,8-9,14,16,19-21,24H,2,5-7,10-13,15,17H2/b16-14+/t19?,20?,21-/m1/s1. The number of aliphatic hydroxyl groups is 1. The van der Waals surface area contributed by atoms with Crippen LogP contribution in [0.3, 0.4) is 0 Å². The van der Waals surface area contributed by atoms with Crippen LogP contribution in [0.25, 0.3) is 0 Å². The Bertz CT molecular complexity index is 544. The zero-order valence-electron chi connectivity index (χ0n) is 15.5. The van der Waals surface area contributed by atoms with E-state index in [-0.39, 0.29) is 24.1 Å². The first-order chi connectivity index (χ1) is 12.7. The van der Waals surface area contributed by atoms with Gasteiger partial charge in [0.25, 0.3) is 0 Å². The van der Waals surface area contributed by atoms with Crippen LogP contribution in [0.2, 0.25) is 0 Å². The lowest BCUT2D eigenvalue weighted by atomic mass is 10.0. The minimum Gasteiger partial charge on any atom is -0.458 e. The molecule has 1 aliphatic rings. The lowest BCUT2D eigenvalue weighted by Gasteiger charge is -2.16. The Kier molecular flexibility index (Phi) is 9.80. The van der Waals surface area contributed by atoms with Crippen LogP contribution in [0.5, 0.6) is 0 Å². The second kappa shape index (κ2) is 12.1. The fraction of sp³-hybridized carbons (Fsp3) is 0.591. The Hall–Kier alpha value is -1.32. The van der Waals surface area contributed by atoms with Gasteiger partial charge in [0.2, 0.25) is 0 Å². The average molecular weight is 379 g/mol. The number of aliphatic hydroxyl groups excluding tert-OH is 1. The Balaban J connectivity index is 1.87. The number of aryl methyl sites for hydroxylation is 1. The molecule has 0 aliphatic heterocycles. The molecule has 0 bridgehead atoms. The van der Waals surface area contributed by atoms with Crippen LogP contribution >= 0.6 is 11.6 Å². The van der Waals surface area contributed by atoms with Crippen molar-refractivity contribution in [1.82, 2.24) is 0 Å². The van der Waals surface area contributed by atoms with Crippen LogP contribution < -0.4 is 0 Å². The molecule has 3 nitrogen and oxygen atoms in total. The summed E-state index contributed by atoms with van der Waals surface area (Å²) in [6.45, 7) is 0. The first-order valence-corrected chi connectivity index (χ1v) is 10.4. The van der Waals surface area contributed by atoms with Gasteiger partial charge in [-0.25, -0.2) is 0 Å². The van der Waals surface area contributed by atoms with E-state index in [0.717, 1.165) is 51.4 Å². The van der Waals surface area contributed by atoms with Crippen LogP contribution in [-0.2, 0) is 16.0 Å². The highest BCUT2D eigenvalue weighted by Crippen LogP contribution is 2.27. The molecule has 0 spiro atoms. The summed E-state index contributed by atoms with van der Waals surface area (Å²) in [6.07, 6.45) is 11.3. The van der Waals surface area contributed by atoms with Crippen molar-refractivity contribution in [1.29, 1.82) is 0 Å². The maximum absolute atomic E-state index is 12.1. The van der Waals surface area contributed by atoms with Gasteiger partial charge in [-0.3, -0.25) is 4.79 Å². The van der Waals surface area contributed by atoms with Crippen LogP contribution in [0.15, 0.2) is 42.5 Å². The number of carbonyl (C=O) groups is 1. The second-order valence-electron chi connectivity index (χ2n) is 7.10. The van der Waals surface area contributed by atoms with Crippen LogP contribution in [0.1, 0.15) is 56.9 Å². The Morgan fingerprint density at radius 1 is 1.23 bits per heavy atom. The molecule has 0 aromatic heterocycles. The predicted molar refractivity (Wildman–Crippen MR) is 106 cm³/mol. The fourth-order valence-electron chi connectivity index (χ4n) is 3.38. The summed E-state index contributed by atoms with van der Waals surface area (Å²) < 4.78 is 5.71. The summed E-state index contributed by atoms with van der Waals surface area (Å²) in [7, 11) is 0. The maximum Gasteiger partial charge on any atom is 0.306 e. The molecule has 4 heteroatoms. The molecule has 1 aromatic carbocycles. The third kappa shape index (κ3) is 7.92. The lowest BCUT2D eigenvalue weighted by molar-refractivity contribution is -0.147. The second-order valence-corrected chi connectivity index (χ2v) is 7.48. The molecular formula is C22H31ClO3. The van der Waals surface area contributed by atoms with Crippen LogP contribution in [0, 0.1) is 5.92 Å². The summed E-state index contributed by atoms with van der Waals surface area (Å²) in [5, 5.41) is 9.99. The predicted octanol–water partition coefficient (Wildman–Crippen LogP) is 5.05. The van der Waals surface area contributed by atoms with E-state index < -0.39 is 0 Å². The van der Waals surface area contributed by atoms with Crippen LogP contribution in [-0.4, -0.2) is 29.2 Å². The van der Waals surface area contributed by atoms with Gasteiger partial charge < -0.3 is 9.84 Å². The number of hydrogen-bond acceptors (Lipinski definition) is 3. The topological polar surface area (TPSA) is 46.5 Å². The van der Waals surface area contributed by atoms with Crippen molar-refractivity contribution >= 4 is 17.6 Å². The number of esters is 1. The van der Waals surface area contributed by atoms with Crippen LogP contribution in [0.4, 0.5) is 0 Å². The third-order valence-corrected chi connectivity index (χ3v) is 5.23. The van der Waals surface area contributed by atoms with E-state index in [4.69, 9.17) is 16.3 Å². The average Bonchev–Trinajstić information content (AvgIpc) is 3.07. The first kappa shape index (κ1) is 21.0. The molecule has 0 radical (unpaired) electrons. The lowest BCUT2D eigenvalue weighted by Crippen LogP contribution is -2.18. The summed E-state index contributed by atoms with van der Waals surface area (Å²) in [4.78, 5) is 12.1. The van der Waals surface area contributed by atoms with Gasteiger partial charge in [0.15, 0.2) is 0 Å². The number of halogens is 1. The molecule has 1 fully saturated rings. The van der Waals surface area contributed by atoms with Gasteiger partial charge >= 0.3 is 5.97 Å². The van der Waals surface area contributed by atoms with Gasteiger partial charge in [-0.05, 0) is 50.2 Å². The highest BCUT2D eigenvalue weighted by atomic mass is 35.5. The van der Waals surface area contributed by atoms with Crippen molar-refractivity contribution in [3.05, 3.63) is 48.0 Å². The van der Waals surface area contributed by atoms with Gasteiger partial charge in [0.05, 0.1) is 6.10 Å². The Labute approximate surface area is 162 Å². The number of alkyl halides is 1. The summed E-state index contributed by atoms with van der Waals surface area (Å²) >= 11 is 5.67. The molecule has 0 heterocycles. The van der Waals surface area contributed by atoms with Crippen molar-refractivity contribution in [3.63, 3.8) is 0 Å². The molecule has 1 aliphatic carbocycles. The maximum atomic E-state index is 12.1. The van der Waals surface area contributed by atoms with Gasteiger partial charge in [0, 0.05) is 18.2 Å². The number of hydrogen-bond donors (Lipinski definition) is 1. The number of rotatable bonds is 11. The minimum absolute atomic E-state index is 0.144. The first-order valence-electron chi connectivity index (χ1n) is 9.85.